The van der Waals surface area contributed by atoms with Gasteiger partial charge in [-0.1, -0.05) is 25.5 Å². The van der Waals surface area contributed by atoms with Crippen molar-refractivity contribution in [2.45, 2.75) is 26.2 Å². The van der Waals surface area contributed by atoms with E-state index in [1.807, 2.05) is 24.3 Å². The predicted octanol–water partition coefficient (Wildman–Crippen LogP) is 3.15. The van der Waals surface area contributed by atoms with Gasteiger partial charge >= 0.3 is 0 Å². The van der Waals surface area contributed by atoms with Gasteiger partial charge in [0.15, 0.2) is 6.61 Å². The van der Waals surface area contributed by atoms with Crippen LogP contribution in [0.2, 0.25) is 0 Å². The van der Waals surface area contributed by atoms with Gasteiger partial charge in [-0.2, -0.15) is 5.10 Å². The first-order valence-corrected chi connectivity index (χ1v) is 7.35. The first kappa shape index (κ1) is 15.8. The summed E-state index contributed by atoms with van der Waals surface area (Å²) in [6.45, 7) is 2.09. The fourth-order valence-corrected chi connectivity index (χ4v) is 1.85. The number of hydrogen-bond acceptors (Lipinski definition) is 4. The third-order valence-electron chi connectivity index (χ3n) is 3.04. The zero-order chi connectivity index (χ0) is 15.6. The fraction of sp³-hybridized carbons (Fsp3) is 0.294. The number of nitrogens with zero attached hydrogens (tertiary/aromatic N) is 1. The Balaban J connectivity index is 1.71. The van der Waals surface area contributed by atoms with Crippen molar-refractivity contribution in [1.82, 2.24) is 5.43 Å². The number of furan rings is 1. The highest BCUT2D eigenvalue weighted by Gasteiger charge is 2.02. The molecule has 0 aliphatic heterocycles. The number of ether oxygens (including phenoxy) is 1. The molecule has 1 N–H and O–H groups in total. The molecule has 5 heteroatoms. The molecule has 5 nitrogen and oxygen atoms in total. The Morgan fingerprint density at radius 1 is 1.32 bits per heavy atom. The molecule has 2 rings (SSSR count). The molecule has 0 atom stereocenters. The van der Waals surface area contributed by atoms with Gasteiger partial charge in [0.1, 0.15) is 11.5 Å². The molecule has 0 bridgehead atoms. The number of hydrogen-bond donors (Lipinski definition) is 1. The standard InChI is InChI=1S/C17H20N2O3/c1-2-3-5-14-7-9-15(10-8-14)22-13-17(20)19-18-12-16-6-4-11-21-16/h4,6-12H,2-3,5,13H2,1H3,(H,19,20)/b18-12-. The molecule has 0 aliphatic carbocycles. The number of nitrogens with one attached hydrogen (secondary N) is 1. The SMILES string of the molecule is CCCCc1ccc(OCC(=O)N/N=C\c2ccco2)cc1. The molecule has 0 fully saturated rings. The normalized spacial score (nSPS) is 10.8. The highest BCUT2D eigenvalue weighted by atomic mass is 16.5. The Kier molecular flexibility index (Phi) is 6.23. The van der Waals surface area contributed by atoms with Crippen LogP contribution in [-0.2, 0) is 11.2 Å². The van der Waals surface area contributed by atoms with Crippen molar-refractivity contribution in [3.05, 3.63) is 54.0 Å². The predicted molar refractivity (Wildman–Crippen MR) is 85.0 cm³/mol. The lowest BCUT2D eigenvalue weighted by atomic mass is 10.1. The molecule has 1 amide bonds. The highest BCUT2D eigenvalue weighted by molar-refractivity contribution is 5.81. The van der Waals surface area contributed by atoms with Gasteiger partial charge in [0.25, 0.3) is 5.91 Å². The van der Waals surface area contributed by atoms with E-state index in [1.54, 1.807) is 12.1 Å². The van der Waals surface area contributed by atoms with Crippen LogP contribution in [0, 0.1) is 0 Å². The number of aryl methyl sites for hydroxylation is 1. The maximum atomic E-state index is 11.6. The van der Waals surface area contributed by atoms with Gasteiger partial charge in [0, 0.05) is 0 Å². The van der Waals surface area contributed by atoms with Crippen molar-refractivity contribution < 1.29 is 13.9 Å². The Hall–Kier alpha value is -2.56. The van der Waals surface area contributed by atoms with Gasteiger partial charge in [-0.15, -0.1) is 0 Å². The summed E-state index contributed by atoms with van der Waals surface area (Å²) in [5.41, 5.74) is 3.66. The zero-order valence-electron chi connectivity index (χ0n) is 12.6. The second-order valence-electron chi connectivity index (χ2n) is 4.84. The molecule has 0 unspecified atom stereocenters. The molecule has 2 aromatic rings. The first-order chi connectivity index (χ1) is 10.8. The van der Waals surface area contributed by atoms with E-state index < -0.39 is 0 Å². The van der Waals surface area contributed by atoms with E-state index >= 15 is 0 Å². The van der Waals surface area contributed by atoms with E-state index in [9.17, 15) is 4.79 Å². The average molecular weight is 300 g/mol. The molecule has 116 valence electrons. The summed E-state index contributed by atoms with van der Waals surface area (Å²) < 4.78 is 10.5. The van der Waals surface area contributed by atoms with Gasteiger partial charge in [-0.3, -0.25) is 4.79 Å². The van der Waals surface area contributed by atoms with Gasteiger partial charge < -0.3 is 9.15 Å². The van der Waals surface area contributed by atoms with E-state index in [0.717, 1.165) is 6.42 Å². The van der Waals surface area contributed by atoms with Crippen LogP contribution in [0.15, 0.2) is 52.2 Å². The van der Waals surface area contributed by atoms with Crippen LogP contribution < -0.4 is 10.2 Å². The minimum atomic E-state index is -0.321. The molecule has 1 aromatic carbocycles. The highest BCUT2D eigenvalue weighted by Crippen LogP contribution is 2.13. The molecular formula is C17H20N2O3. The van der Waals surface area contributed by atoms with Crippen LogP contribution in [-0.4, -0.2) is 18.7 Å². The van der Waals surface area contributed by atoms with Crippen molar-refractivity contribution in [3.63, 3.8) is 0 Å². The van der Waals surface area contributed by atoms with E-state index in [2.05, 4.69) is 17.5 Å². The number of hydrazone groups is 1. The summed E-state index contributed by atoms with van der Waals surface area (Å²) in [5, 5.41) is 3.78. The van der Waals surface area contributed by atoms with Gasteiger partial charge in [-0.05, 0) is 42.7 Å². The monoisotopic (exact) mass is 300 g/mol. The molecule has 0 radical (unpaired) electrons. The summed E-state index contributed by atoms with van der Waals surface area (Å²) in [6.07, 6.45) is 6.39. The van der Waals surface area contributed by atoms with Gasteiger partial charge in [-0.25, -0.2) is 5.43 Å². The minimum Gasteiger partial charge on any atom is -0.484 e. The average Bonchev–Trinajstić information content (AvgIpc) is 3.05. The molecule has 22 heavy (non-hydrogen) atoms. The molecule has 0 spiro atoms. The van der Waals surface area contributed by atoms with Gasteiger partial charge in [0.2, 0.25) is 0 Å². The summed E-state index contributed by atoms with van der Waals surface area (Å²) in [7, 11) is 0. The number of rotatable bonds is 8. The van der Waals surface area contributed by atoms with Crippen LogP contribution in [0.25, 0.3) is 0 Å². The molecular weight excluding hydrogens is 280 g/mol. The lowest BCUT2D eigenvalue weighted by Gasteiger charge is -2.06. The van der Waals surface area contributed by atoms with E-state index in [-0.39, 0.29) is 12.5 Å². The quantitative estimate of drug-likeness (QED) is 0.601. The lowest BCUT2D eigenvalue weighted by Crippen LogP contribution is -2.24. The Morgan fingerprint density at radius 2 is 2.14 bits per heavy atom. The second kappa shape index (κ2) is 8.67. The molecule has 1 aromatic heterocycles. The number of benzene rings is 1. The Labute approximate surface area is 130 Å². The molecule has 0 saturated carbocycles. The molecule has 0 saturated heterocycles. The summed E-state index contributed by atoms with van der Waals surface area (Å²) in [4.78, 5) is 11.6. The lowest BCUT2D eigenvalue weighted by molar-refractivity contribution is -0.123. The van der Waals surface area contributed by atoms with Crippen LogP contribution in [0.3, 0.4) is 0 Å². The fourth-order valence-electron chi connectivity index (χ4n) is 1.85. The van der Waals surface area contributed by atoms with Gasteiger partial charge in [0.05, 0.1) is 12.5 Å². The Morgan fingerprint density at radius 3 is 2.82 bits per heavy atom. The third-order valence-corrected chi connectivity index (χ3v) is 3.04. The number of carbonyl (C=O) groups is 1. The zero-order valence-corrected chi connectivity index (χ0v) is 12.6. The second-order valence-corrected chi connectivity index (χ2v) is 4.84. The first-order valence-electron chi connectivity index (χ1n) is 7.35. The van der Waals surface area contributed by atoms with E-state index in [4.69, 9.17) is 9.15 Å². The van der Waals surface area contributed by atoms with E-state index in [1.165, 1.54) is 30.9 Å². The minimum absolute atomic E-state index is 0.0796. The topological polar surface area (TPSA) is 63.8 Å². The van der Waals surface area contributed by atoms with E-state index in [0.29, 0.717) is 11.5 Å². The van der Waals surface area contributed by atoms with Crippen LogP contribution >= 0.6 is 0 Å². The largest absolute Gasteiger partial charge is 0.484 e. The summed E-state index contributed by atoms with van der Waals surface area (Å²) in [5.74, 6) is 0.923. The third kappa shape index (κ3) is 5.44. The van der Waals surface area contributed by atoms with Crippen LogP contribution in [0.4, 0.5) is 0 Å². The number of amides is 1. The van der Waals surface area contributed by atoms with Crippen molar-refractivity contribution in [1.29, 1.82) is 0 Å². The number of carbonyl (C=O) groups excluding carboxylic acids is 1. The Bertz CT molecular complexity index is 589. The smallest absolute Gasteiger partial charge is 0.277 e. The van der Waals surface area contributed by atoms with Crippen molar-refractivity contribution >= 4 is 12.1 Å². The van der Waals surface area contributed by atoms with Crippen molar-refractivity contribution in [2.24, 2.45) is 5.10 Å². The maximum absolute atomic E-state index is 11.6. The number of unbranched alkanes of at least 4 members (excludes halogenated alkanes) is 1. The molecule has 1 heterocycles. The van der Waals surface area contributed by atoms with Crippen LogP contribution in [0.5, 0.6) is 5.75 Å². The van der Waals surface area contributed by atoms with Crippen molar-refractivity contribution in [3.8, 4) is 5.75 Å². The summed E-state index contributed by atoms with van der Waals surface area (Å²) in [6, 6.07) is 11.3. The maximum Gasteiger partial charge on any atom is 0.277 e. The molecule has 0 aliphatic rings. The van der Waals surface area contributed by atoms with Crippen LogP contribution in [0.1, 0.15) is 31.1 Å². The van der Waals surface area contributed by atoms with Crippen molar-refractivity contribution in [2.75, 3.05) is 6.61 Å². The summed E-state index contributed by atoms with van der Waals surface area (Å²) >= 11 is 0.